The van der Waals surface area contributed by atoms with Gasteiger partial charge in [-0.15, -0.1) is 0 Å². The maximum Gasteiger partial charge on any atom is 0.408 e. The highest BCUT2D eigenvalue weighted by Crippen LogP contribution is 2.34. The molecule has 0 saturated heterocycles. The molecule has 9 heteroatoms. The number of alkyl halides is 3. The van der Waals surface area contributed by atoms with Gasteiger partial charge in [0.25, 0.3) is 0 Å². The van der Waals surface area contributed by atoms with Crippen LogP contribution in [0.3, 0.4) is 0 Å². The molecular formula is C14H12F4N2O2S. The fourth-order valence-corrected chi connectivity index (χ4v) is 3.03. The van der Waals surface area contributed by atoms with Crippen LogP contribution in [0, 0.1) is 12.7 Å². The lowest BCUT2D eigenvalue weighted by molar-refractivity contribution is -0.153. The first-order chi connectivity index (χ1) is 10.6. The zero-order valence-corrected chi connectivity index (χ0v) is 12.6. The van der Waals surface area contributed by atoms with E-state index in [1.165, 1.54) is 24.3 Å². The molecule has 0 aliphatic rings. The number of hydrogen-bond acceptors (Lipinski definition) is 3. The Hall–Kier alpha value is -2.00. The van der Waals surface area contributed by atoms with Crippen molar-refractivity contribution in [1.82, 2.24) is 9.71 Å². The first-order valence-corrected chi connectivity index (χ1v) is 7.84. The number of benzene rings is 1. The summed E-state index contributed by atoms with van der Waals surface area (Å²) >= 11 is 0. The van der Waals surface area contributed by atoms with Gasteiger partial charge in [-0.2, -0.15) is 17.9 Å². The topological polar surface area (TPSA) is 59.1 Å². The second-order valence-electron chi connectivity index (χ2n) is 4.85. The monoisotopic (exact) mass is 348 g/mol. The standard InChI is InChI=1S/C14H12F4N2O2S/c1-9-2-4-10(5-3-9)13(14(16,17)18)20-23(21,22)12-6-11(15)7-19-8-12/h2-8,13,20H,1H3. The maximum atomic E-state index is 13.2. The Morgan fingerprint density at radius 3 is 2.26 bits per heavy atom. The minimum atomic E-state index is -4.86. The lowest BCUT2D eigenvalue weighted by Crippen LogP contribution is -2.38. The van der Waals surface area contributed by atoms with Crippen LogP contribution in [0.15, 0.2) is 47.6 Å². The van der Waals surface area contributed by atoms with Gasteiger partial charge in [-0.3, -0.25) is 4.98 Å². The summed E-state index contributed by atoms with van der Waals surface area (Å²) in [6.07, 6.45) is -3.34. The zero-order valence-electron chi connectivity index (χ0n) is 11.8. The fourth-order valence-electron chi connectivity index (χ4n) is 1.85. The molecule has 2 rings (SSSR count). The van der Waals surface area contributed by atoms with E-state index in [9.17, 15) is 26.0 Å². The summed E-state index contributed by atoms with van der Waals surface area (Å²) < 4.78 is 78.4. The molecule has 23 heavy (non-hydrogen) atoms. The van der Waals surface area contributed by atoms with Crippen molar-refractivity contribution in [1.29, 1.82) is 0 Å². The van der Waals surface area contributed by atoms with Crippen LogP contribution in [-0.2, 0) is 10.0 Å². The highest BCUT2D eigenvalue weighted by molar-refractivity contribution is 7.89. The summed E-state index contributed by atoms with van der Waals surface area (Å²) in [6, 6.07) is 3.38. The van der Waals surface area contributed by atoms with Gasteiger partial charge in [0.05, 0.1) is 6.20 Å². The molecule has 0 amide bonds. The van der Waals surface area contributed by atoms with Crippen LogP contribution < -0.4 is 4.72 Å². The molecule has 124 valence electrons. The first-order valence-electron chi connectivity index (χ1n) is 6.36. The van der Waals surface area contributed by atoms with Crippen molar-refractivity contribution in [3.05, 3.63) is 59.7 Å². The van der Waals surface area contributed by atoms with Crippen LogP contribution in [0.1, 0.15) is 17.2 Å². The number of rotatable bonds is 4. The van der Waals surface area contributed by atoms with Crippen molar-refractivity contribution in [3.8, 4) is 0 Å². The molecule has 0 fully saturated rings. The molecule has 1 aromatic carbocycles. The number of hydrogen-bond donors (Lipinski definition) is 1. The summed E-state index contributed by atoms with van der Waals surface area (Å²) in [5.41, 5.74) is 0.461. The van der Waals surface area contributed by atoms with Gasteiger partial charge in [0, 0.05) is 6.20 Å². The van der Waals surface area contributed by atoms with Gasteiger partial charge in [0.2, 0.25) is 10.0 Å². The number of sulfonamides is 1. The van der Waals surface area contributed by atoms with Gasteiger partial charge in [-0.1, -0.05) is 29.8 Å². The van der Waals surface area contributed by atoms with E-state index in [1.54, 1.807) is 11.6 Å². The molecule has 1 heterocycles. The second-order valence-corrected chi connectivity index (χ2v) is 6.56. The van der Waals surface area contributed by atoms with Gasteiger partial charge in [0.15, 0.2) is 0 Å². The lowest BCUT2D eigenvalue weighted by Gasteiger charge is -2.22. The molecule has 4 nitrogen and oxygen atoms in total. The van der Waals surface area contributed by atoms with Gasteiger partial charge in [-0.25, -0.2) is 12.8 Å². The van der Waals surface area contributed by atoms with E-state index in [1.807, 2.05) is 0 Å². The molecule has 1 N–H and O–H groups in total. The molecule has 0 saturated carbocycles. The van der Waals surface area contributed by atoms with Gasteiger partial charge >= 0.3 is 6.18 Å². The van der Waals surface area contributed by atoms with Gasteiger partial charge < -0.3 is 0 Å². The molecular weight excluding hydrogens is 336 g/mol. The Labute approximate surface area is 130 Å². The smallest absolute Gasteiger partial charge is 0.260 e. The molecule has 0 aliphatic carbocycles. The van der Waals surface area contributed by atoms with Crippen molar-refractivity contribution in [2.75, 3.05) is 0 Å². The van der Waals surface area contributed by atoms with Crippen molar-refractivity contribution in [2.24, 2.45) is 0 Å². The number of pyridine rings is 1. The third kappa shape index (κ3) is 4.26. The minimum Gasteiger partial charge on any atom is -0.260 e. The summed E-state index contributed by atoms with van der Waals surface area (Å²) in [5, 5.41) is 0. The van der Waals surface area contributed by atoms with Crippen LogP contribution >= 0.6 is 0 Å². The third-order valence-corrected chi connectivity index (χ3v) is 4.39. The molecule has 1 atom stereocenters. The minimum absolute atomic E-state index is 0.268. The second kappa shape index (κ2) is 6.25. The first kappa shape index (κ1) is 17.4. The lowest BCUT2D eigenvalue weighted by atomic mass is 10.1. The average molecular weight is 348 g/mol. The molecule has 0 bridgehead atoms. The predicted octanol–water partition coefficient (Wildman–Crippen LogP) is 3.11. The van der Waals surface area contributed by atoms with Gasteiger partial charge in [0.1, 0.15) is 16.8 Å². The molecule has 0 radical (unpaired) electrons. The van der Waals surface area contributed by atoms with E-state index in [0.29, 0.717) is 6.07 Å². The maximum absolute atomic E-state index is 13.2. The zero-order chi connectivity index (χ0) is 17.3. The summed E-state index contributed by atoms with van der Waals surface area (Å²) in [5.74, 6) is -0.966. The van der Waals surface area contributed by atoms with Crippen molar-refractivity contribution in [2.45, 2.75) is 24.0 Å². The van der Waals surface area contributed by atoms with Crippen LogP contribution in [0.4, 0.5) is 17.6 Å². The van der Waals surface area contributed by atoms with Crippen LogP contribution in [-0.4, -0.2) is 19.6 Å². The van der Waals surface area contributed by atoms with Gasteiger partial charge in [-0.05, 0) is 18.6 Å². The summed E-state index contributed by atoms with van der Waals surface area (Å²) in [7, 11) is -4.60. The Morgan fingerprint density at radius 1 is 1.13 bits per heavy atom. The van der Waals surface area contributed by atoms with Crippen LogP contribution in [0.2, 0.25) is 0 Å². The quantitative estimate of drug-likeness (QED) is 0.864. The predicted molar refractivity (Wildman–Crippen MR) is 74.5 cm³/mol. The average Bonchev–Trinajstić information content (AvgIpc) is 2.45. The highest BCUT2D eigenvalue weighted by Gasteiger charge is 2.43. The number of nitrogens with one attached hydrogen (secondary N) is 1. The Morgan fingerprint density at radius 2 is 1.74 bits per heavy atom. The normalized spacial score (nSPS) is 13.8. The summed E-state index contributed by atoms with van der Waals surface area (Å²) in [4.78, 5) is 2.65. The molecule has 0 spiro atoms. The highest BCUT2D eigenvalue weighted by atomic mass is 32.2. The molecule has 1 aromatic heterocycles. The Balaban J connectivity index is 2.40. The van der Waals surface area contributed by atoms with E-state index < -0.39 is 33.0 Å². The number of aromatic nitrogens is 1. The SMILES string of the molecule is Cc1ccc(C(NS(=O)(=O)c2cncc(F)c2)C(F)(F)F)cc1. The third-order valence-electron chi connectivity index (χ3n) is 3.00. The Kier molecular flexibility index (Phi) is 4.71. The Bertz CT molecular complexity index is 789. The number of halogens is 4. The van der Waals surface area contributed by atoms with Crippen LogP contribution in [0.5, 0.6) is 0 Å². The van der Waals surface area contributed by atoms with E-state index in [-0.39, 0.29) is 5.56 Å². The van der Waals surface area contributed by atoms with Crippen molar-refractivity contribution < 1.29 is 26.0 Å². The van der Waals surface area contributed by atoms with E-state index >= 15 is 0 Å². The molecule has 1 unspecified atom stereocenters. The number of nitrogens with zero attached hydrogens (tertiary/aromatic N) is 1. The summed E-state index contributed by atoms with van der Waals surface area (Å²) in [6.45, 7) is 1.69. The van der Waals surface area contributed by atoms with E-state index in [0.717, 1.165) is 18.0 Å². The van der Waals surface area contributed by atoms with E-state index in [2.05, 4.69) is 4.98 Å². The van der Waals surface area contributed by atoms with Crippen molar-refractivity contribution >= 4 is 10.0 Å². The largest absolute Gasteiger partial charge is 0.408 e. The van der Waals surface area contributed by atoms with Crippen molar-refractivity contribution in [3.63, 3.8) is 0 Å². The molecule has 0 aliphatic heterocycles. The number of aryl methyl sites for hydroxylation is 1. The van der Waals surface area contributed by atoms with Crippen LogP contribution in [0.25, 0.3) is 0 Å². The van der Waals surface area contributed by atoms with E-state index in [4.69, 9.17) is 0 Å². The molecule has 2 aromatic rings. The fraction of sp³-hybridized carbons (Fsp3) is 0.214.